The summed E-state index contributed by atoms with van der Waals surface area (Å²) in [5.74, 6) is 1.08. The second-order valence-corrected chi connectivity index (χ2v) is 5.95. The Kier molecular flexibility index (Phi) is 3.47. The van der Waals surface area contributed by atoms with Crippen LogP contribution in [-0.4, -0.2) is 15.1 Å². The van der Waals surface area contributed by atoms with Crippen molar-refractivity contribution in [2.75, 3.05) is 5.73 Å². The largest absolute Gasteiger partial charge is 0.375 e. The zero-order valence-electron chi connectivity index (χ0n) is 12.2. The molecule has 0 spiro atoms. The van der Waals surface area contributed by atoms with Gasteiger partial charge in [-0.3, -0.25) is 0 Å². The van der Waals surface area contributed by atoms with Crippen LogP contribution in [0, 0.1) is 13.8 Å². The fourth-order valence-electron chi connectivity index (χ4n) is 2.27. The number of hydrogen-bond acceptors (Lipinski definition) is 6. The number of nitrogen functional groups attached to an aromatic ring is 1. The Morgan fingerprint density at radius 1 is 1.24 bits per heavy atom. The molecule has 0 aliphatic heterocycles. The van der Waals surface area contributed by atoms with E-state index in [0.717, 1.165) is 28.1 Å². The molecule has 0 radical (unpaired) electrons. The number of benzene rings is 1. The van der Waals surface area contributed by atoms with Gasteiger partial charge in [0.15, 0.2) is 5.13 Å². The van der Waals surface area contributed by atoms with Crippen molar-refractivity contribution < 1.29 is 4.52 Å². The quantitative estimate of drug-likeness (QED) is 0.799. The van der Waals surface area contributed by atoms with Crippen LogP contribution in [0.4, 0.5) is 5.13 Å². The molecule has 0 amide bonds. The average Bonchev–Trinajstić information content (AvgIpc) is 3.04. The molecule has 5 nitrogen and oxygen atoms in total. The first-order chi connectivity index (χ1) is 10.1. The van der Waals surface area contributed by atoms with Crippen LogP contribution in [0.15, 0.2) is 22.7 Å². The van der Waals surface area contributed by atoms with Gasteiger partial charge in [-0.2, -0.15) is 4.98 Å². The standard InChI is InChI=1S/C15H16N4OS/c1-4-11-12(21-15(16)17-11)14-18-13(19-20-14)10-6-5-8(2)7-9(10)3/h5-7H,4H2,1-3H3,(H2,16,17). The maximum absolute atomic E-state index is 5.77. The van der Waals surface area contributed by atoms with E-state index >= 15 is 0 Å². The van der Waals surface area contributed by atoms with Gasteiger partial charge in [0.25, 0.3) is 5.89 Å². The molecule has 0 atom stereocenters. The lowest BCUT2D eigenvalue weighted by Crippen LogP contribution is -1.88. The number of nitrogens with two attached hydrogens (primary N) is 1. The lowest BCUT2D eigenvalue weighted by Gasteiger charge is -2.01. The lowest BCUT2D eigenvalue weighted by molar-refractivity contribution is 0.433. The molecule has 108 valence electrons. The average molecular weight is 300 g/mol. The smallest absolute Gasteiger partial charge is 0.270 e. The molecule has 1 aromatic carbocycles. The Hall–Kier alpha value is -2.21. The van der Waals surface area contributed by atoms with Crippen LogP contribution in [-0.2, 0) is 6.42 Å². The Balaban J connectivity index is 2.03. The van der Waals surface area contributed by atoms with Gasteiger partial charge < -0.3 is 10.3 Å². The molecule has 0 unspecified atom stereocenters. The van der Waals surface area contributed by atoms with Crippen molar-refractivity contribution in [3.63, 3.8) is 0 Å². The van der Waals surface area contributed by atoms with Gasteiger partial charge in [0.05, 0.1) is 5.69 Å². The summed E-state index contributed by atoms with van der Waals surface area (Å²) < 4.78 is 5.40. The molecule has 3 aromatic rings. The number of anilines is 1. The Morgan fingerprint density at radius 3 is 2.76 bits per heavy atom. The summed E-state index contributed by atoms with van der Waals surface area (Å²) >= 11 is 1.38. The van der Waals surface area contributed by atoms with Crippen LogP contribution in [0.2, 0.25) is 0 Å². The second kappa shape index (κ2) is 5.29. The molecule has 0 fully saturated rings. The molecule has 0 saturated heterocycles. The third-order valence-corrected chi connectivity index (χ3v) is 4.21. The minimum atomic E-state index is 0.482. The predicted molar refractivity (Wildman–Crippen MR) is 84.1 cm³/mol. The van der Waals surface area contributed by atoms with E-state index in [0.29, 0.717) is 16.8 Å². The molecule has 2 N–H and O–H groups in total. The van der Waals surface area contributed by atoms with Crippen LogP contribution >= 0.6 is 11.3 Å². The monoisotopic (exact) mass is 300 g/mol. The summed E-state index contributed by atoms with van der Waals surface area (Å²) in [5, 5.41) is 4.61. The molecule has 2 aromatic heterocycles. The third-order valence-electron chi connectivity index (χ3n) is 3.29. The Labute approximate surface area is 126 Å². The molecular formula is C15H16N4OS. The summed E-state index contributed by atoms with van der Waals surface area (Å²) in [7, 11) is 0. The lowest BCUT2D eigenvalue weighted by atomic mass is 10.1. The molecule has 0 saturated carbocycles. The molecule has 0 aliphatic carbocycles. The SMILES string of the molecule is CCc1nc(N)sc1-c1nc(-c2ccc(C)cc2C)no1. The summed E-state index contributed by atoms with van der Waals surface area (Å²) in [6.45, 7) is 6.13. The van der Waals surface area contributed by atoms with Crippen molar-refractivity contribution in [1.29, 1.82) is 0 Å². The van der Waals surface area contributed by atoms with Crippen molar-refractivity contribution in [2.24, 2.45) is 0 Å². The van der Waals surface area contributed by atoms with Crippen LogP contribution < -0.4 is 5.73 Å². The summed E-state index contributed by atoms with van der Waals surface area (Å²) in [5.41, 5.74) is 9.98. The van der Waals surface area contributed by atoms with Crippen molar-refractivity contribution in [3.8, 4) is 22.2 Å². The van der Waals surface area contributed by atoms with Crippen molar-refractivity contribution >= 4 is 16.5 Å². The summed E-state index contributed by atoms with van der Waals surface area (Å²) in [4.78, 5) is 9.65. The number of nitrogens with zero attached hydrogens (tertiary/aromatic N) is 3. The van der Waals surface area contributed by atoms with E-state index in [1.165, 1.54) is 16.9 Å². The maximum Gasteiger partial charge on any atom is 0.270 e. The Morgan fingerprint density at radius 2 is 2.05 bits per heavy atom. The predicted octanol–water partition coefficient (Wildman–Crippen LogP) is 3.62. The number of thiazole rings is 1. The van der Waals surface area contributed by atoms with E-state index in [1.807, 2.05) is 26.0 Å². The highest BCUT2D eigenvalue weighted by Gasteiger charge is 2.18. The first kappa shape index (κ1) is 13.8. The normalized spacial score (nSPS) is 11.0. The zero-order chi connectivity index (χ0) is 15.0. The van der Waals surface area contributed by atoms with Gasteiger partial charge in [-0.1, -0.05) is 47.2 Å². The van der Waals surface area contributed by atoms with E-state index in [2.05, 4.69) is 28.1 Å². The molecule has 3 rings (SSSR count). The van der Waals surface area contributed by atoms with Crippen LogP contribution in [0.3, 0.4) is 0 Å². The molecule has 0 aliphatic rings. The Bertz CT molecular complexity index is 791. The number of hydrogen-bond donors (Lipinski definition) is 1. The summed E-state index contributed by atoms with van der Waals surface area (Å²) in [6, 6.07) is 6.16. The van der Waals surface area contributed by atoms with Gasteiger partial charge in [-0.15, -0.1) is 0 Å². The van der Waals surface area contributed by atoms with Gasteiger partial charge in [-0.05, 0) is 25.8 Å². The fourth-order valence-corrected chi connectivity index (χ4v) is 3.11. The maximum atomic E-state index is 5.77. The van der Waals surface area contributed by atoms with Gasteiger partial charge in [-0.25, -0.2) is 4.98 Å². The second-order valence-electron chi connectivity index (χ2n) is 4.92. The molecule has 2 heterocycles. The number of aryl methyl sites for hydroxylation is 3. The minimum absolute atomic E-state index is 0.482. The van der Waals surface area contributed by atoms with Gasteiger partial charge in [0, 0.05) is 5.56 Å². The van der Waals surface area contributed by atoms with Crippen LogP contribution in [0.1, 0.15) is 23.7 Å². The molecular weight excluding hydrogens is 284 g/mol. The van der Waals surface area contributed by atoms with E-state index in [4.69, 9.17) is 10.3 Å². The highest BCUT2D eigenvalue weighted by Crippen LogP contribution is 2.32. The van der Waals surface area contributed by atoms with Gasteiger partial charge in [0.1, 0.15) is 4.88 Å². The van der Waals surface area contributed by atoms with E-state index in [9.17, 15) is 0 Å². The highest BCUT2D eigenvalue weighted by atomic mass is 32.1. The fraction of sp³-hybridized carbons (Fsp3) is 0.267. The van der Waals surface area contributed by atoms with E-state index < -0.39 is 0 Å². The van der Waals surface area contributed by atoms with Crippen molar-refractivity contribution in [1.82, 2.24) is 15.1 Å². The summed E-state index contributed by atoms with van der Waals surface area (Å²) in [6.07, 6.45) is 0.782. The van der Waals surface area contributed by atoms with Crippen LogP contribution in [0.5, 0.6) is 0 Å². The first-order valence-electron chi connectivity index (χ1n) is 6.75. The van der Waals surface area contributed by atoms with Crippen molar-refractivity contribution in [3.05, 3.63) is 35.0 Å². The number of aromatic nitrogens is 3. The molecule has 21 heavy (non-hydrogen) atoms. The van der Waals surface area contributed by atoms with E-state index in [1.54, 1.807) is 0 Å². The van der Waals surface area contributed by atoms with Crippen LogP contribution in [0.25, 0.3) is 22.2 Å². The topological polar surface area (TPSA) is 77.8 Å². The zero-order valence-corrected chi connectivity index (χ0v) is 13.0. The number of rotatable bonds is 3. The minimum Gasteiger partial charge on any atom is -0.375 e. The highest BCUT2D eigenvalue weighted by molar-refractivity contribution is 7.18. The molecule has 6 heteroatoms. The first-order valence-corrected chi connectivity index (χ1v) is 7.57. The third kappa shape index (κ3) is 2.54. The van der Waals surface area contributed by atoms with Crippen molar-refractivity contribution in [2.45, 2.75) is 27.2 Å². The van der Waals surface area contributed by atoms with Gasteiger partial charge >= 0.3 is 0 Å². The molecule has 0 bridgehead atoms. The van der Waals surface area contributed by atoms with Gasteiger partial charge in [0.2, 0.25) is 5.82 Å². The van der Waals surface area contributed by atoms with E-state index in [-0.39, 0.29) is 0 Å².